The molecule has 37 heavy (non-hydrogen) atoms. The van der Waals surface area contributed by atoms with E-state index in [0.717, 1.165) is 17.5 Å². The molecular formula is C26H38N2O9. The third-order valence-corrected chi connectivity index (χ3v) is 3.91. The maximum absolute atomic E-state index is 10.1. The largest absolute Gasteiger partial charge is 0.396 e. The maximum atomic E-state index is 10.1. The third kappa shape index (κ3) is 24.4. The molecular weight excluding hydrogens is 484 g/mol. The van der Waals surface area contributed by atoms with Gasteiger partial charge < -0.3 is 35.4 Å². The maximum Gasteiger partial charge on any atom is 0.240 e. The van der Waals surface area contributed by atoms with Crippen LogP contribution in [0.4, 0.5) is 11.4 Å². The van der Waals surface area contributed by atoms with E-state index < -0.39 is 6.10 Å². The molecule has 6 N–H and O–H groups in total. The molecule has 0 aliphatic carbocycles. The van der Waals surface area contributed by atoms with Crippen molar-refractivity contribution in [3.8, 4) is 0 Å². The Kier molecular flexibility index (Phi) is 25.3. The number of nitrogens with zero attached hydrogens (tertiary/aromatic N) is 2. The molecule has 0 fully saturated rings. The normalized spacial score (nSPS) is 10.9. The topological polar surface area (TPSA) is 189 Å². The van der Waals surface area contributed by atoms with Gasteiger partial charge in [0, 0.05) is 6.61 Å². The van der Waals surface area contributed by atoms with E-state index in [-0.39, 0.29) is 32.5 Å². The zero-order valence-corrected chi connectivity index (χ0v) is 21.2. The number of aliphatic hydroxyl groups excluding tert-OH is 6. The monoisotopic (exact) mass is 522 g/mol. The van der Waals surface area contributed by atoms with Crippen LogP contribution in [0.15, 0.2) is 58.5 Å². The summed E-state index contributed by atoms with van der Waals surface area (Å²) in [6.45, 7) is 3.81. The molecule has 0 spiro atoms. The first-order chi connectivity index (χ1) is 17.8. The van der Waals surface area contributed by atoms with Crippen molar-refractivity contribution < 1.29 is 45.0 Å². The minimum absolute atomic E-state index is 0.0278. The first kappa shape index (κ1) is 36.1. The van der Waals surface area contributed by atoms with E-state index in [1.807, 2.05) is 24.3 Å². The van der Waals surface area contributed by atoms with Gasteiger partial charge in [0.25, 0.3) is 0 Å². The summed E-state index contributed by atoms with van der Waals surface area (Å²) >= 11 is 0. The molecule has 0 aromatic heterocycles. The molecule has 0 aliphatic rings. The Morgan fingerprint density at radius 3 is 1.30 bits per heavy atom. The second-order valence-electron chi connectivity index (χ2n) is 7.37. The van der Waals surface area contributed by atoms with Gasteiger partial charge in [-0.25, -0.2) is 9.59 Å². The zero-order valence-electron chi connectivity index (χ0n) is 21.2. The molecule has 0 radical (unpaired) electrons. The van der Waals surface area contributed by atoms with Crippen molar-refractivity contribution in [2.75, 3.05) is 39.6 Å². The van der Waals surface area contributed by atoms with Gasteiger partial charge in [-0.05, 0) is 62.1 Å². The standard InChI is InChI=1S/C15H10N2O2.C4H10O3.C4H10O2.C3H8O2/c18-10-16-14-5-1-12(2-6-14)9-13-3-7-15(8-4-13)17-11-19;5-1-3-7-4-2-6;1-4(6)2-3-5;1-3(5)2-4/h1-8H,9H2;5-6H,1-4H2;4-6H,2-3H2,1H3;3-5H,2H2,1H3. The van der Waals surface area contributed by atoms with Crippen LogP contribution in [0, 0.1) is 0 Å². The number of aliphatic hydroxyl groups is 6. The summed E-state index contributed by atoms with van der Waals surface area (Å²) < 4.78 is 4.63. The molecule has 2 atom stereocenters. The summed E-state index contributed by atoms with van der Waals surface area (Å²) in [4.78, 5) is 27.3. The Hall–Kier alpha value is -3.08. The van der Waals surface area contributed by atoms with Gasteiger partial charge in [0.15, 0.2) is 0 Å². The highest BCUT2D eigenvalue weighted by Gasteiger charge is 1.98. The van der Waals surface area contributed by atoms with E-state index in [2.05, 4.69) is 14.7 Å². The second-order valence-corrected chi connectivity index (χ2v) is 7.37. The molecule has 11 nitrogen and oxygen atoms in total. The summed E-state index contributed by atoms with van der Waals surface area (Å²) in [5.74, 6) is 0. The lowest BCUT2D eigenvalue weighted by Gasteiger charge is -2.02. The lowest BCUT2D eigenvalue weighted by Crippen LogP contribution is -2.03. The van der Waals surface area contributed by atoms with Gasteiger partial charge in [0.05, 0.1) is 56.6 Å². The van der Waals surface area contributed by atoms with Crippen molar-refractivity contribution in [1.82, 2.24) is 0 Å². The first-order valence-electron chi connectivity index (χ1n) is 11.5. The van der Waals surface area contributed by atoms with Crippen LogP contribution in [0.2, 0.25) is 0 Å². The van der Waals surface area contributed by atoms with Gasteiger partial charge in [-0.15, -0.1) is 0 Å². The molecule has 0 bridgehead atoms. The van der Waals surface area contributed by atoms with E-state index in [1.54, 1.807) is 31.2 Å². The van der Waals surface area contributed by atoms with E-state index >= 15 is 0 Å². The number of hydrogen-bond donors (Lipinski definition) is 6. The fourth-order valence-corrected chi connectivity index (χ4v) is 2.14. The van der Waals surface area contributed by atoms with Gasteiger partial charge in [0.2, 0.25) is 12.2 Å². The average Bonchev–Trinajstić information content (AvgIpc) is 2.88. The second kappa shape index (κ2) is 26.0. The molecule has 0 amide bonds. The minimum Gasteiger partial charge on any atom is -0.396 e. The highest BCUT2D eigenvalue weighted by molar-refractivity contribution is 5.51. The summed E-state index contributed by atoms with van der Waals surface area (Å²) in [6, 6.07) is 14.7. The van der Waals surface area contributed by atoms with Crippen LogP contribution in [-0.2, 0) is 20.7 Å². The van der Waals surface area contributed by atoms with E-state index in [0.29, 0.717) is 31.0 Å². The quantitative estimate of drug-likeness (QED) is 0.143. The van der Waals surface area contributed by atoms with Gasteiger partial charge in [-0.2, -0.15) is 9.98 Å². The number of isocyanates is 2. The van der Waals surface area contributed by atoms with Crippen LogP contribution in [-0.4, -0.2) is 94.6 Å². The number of carbonyl (C=O) groups excluding carboxylic acids is 2. The van der Waals surface area contributed by atoms with E-state index in [1.165, 1.54) is 19.1 Å². The van der Waals surface area contributed by atoms with Crippen molar-refractivity contribution in [2.24, 2.45) is 9.98 Å². The smallest absolute Gasteiger partial charge is 0.240 e. The Labute approximate surface area is 217 Å². The van der Waals surface area contributed by atoms with Crippen molar-refractivity contribution in [3.05, 3.63) is 59.7 Å². The van der Waals surface area contributed by atoms with Crippen LogP contribution < -0.4 is 0 Å². The third-order valence-electron chi connectivity index (χ3n) is 3.91. The Morgan fingerprint density at radius 2 is 1.08 bits per heavy atom. The Balaban J connectivity index is 0. The first-order valence-corrected chi connectivity index (χ1v) is 11.5. The molecule has 0 saturated carbocycles. The van der Waals surface area contributed by atoms with E-state index in [9.17, 15) is 9.59 Å². The van der Waals surface area contributed by atoms with Crippen LogP contribution >= 0.6 is 0 Å². The molecule has 2 aromatic rings. The van der Waals surface area contributed by atoms with Gasteiger partial charge in [-0.1, -0.05) is 24.3 Å². The molecule has 2 unspecified atom stereocenters. The predicted molar refractivity (Wildman–Crippen MR) is 138 cm³/mol. The number of rotatable bonds is 11. The Bertz CT molecular complexity index is 812. The molecule has 11 heteroatoms. The van der Waals surface area contributed by atoms with Gasteiger partial charge in [0.1, 0.15) is 0 Å². The van der Waals surface area contributed by atoms with Crippen LogP contribution in [0.25, 0.3) is 0 Å². The summed E-state index contributed by atoms with van der Waals surface area (Å²) in [6.07, 6.45) is 3.34. The number of aliphatic imine (C=N–C) groups is 2. The predicted octanol–water partition coefficient (Wildman–Crippen LogP) is 1.31. The van der Waals surface area contributed by atoms with Crippen LogP contribution in [0.3, 0.4) is 0 Å². The lowest BCUT2D eigenvalue weighted by atomic mass is 10.0. The van der Waals surface area contributed by atoms with Crippen LogP contribution in [0.1, 0.15) is 31.4 Å². The van der Waals surface area contributed by atoms with Crippen molar-refractivity contribution in [3.63, 3.8) is 0 Å². The highest BCUT2D eigenvalue weighted by Crippen LogP contribution is 2.17. The highest BCUT2D eigenvalue weighted by atomic mass is 16.5. The Morgan fingerprint density at radius 1 is 0.703 bits per heavy atom. The van der Waals surface area contributed by atoms with Crippen LogP contribution in [0.5, 0.6) is 0 Å². The van der Waals surface area contributed by atoms with Crippen molar-refractivity contribution >= 4 is 23.5 Å². The summed E-state index contributed by atoms with van der Waals surface area (Å²) in [7, 11) is 0. The van der Waals surface area contributed by atoms with Crippen molar-refractivity contribution in [2.45, 2.75) is 38.9 Å². The SMILES string of the molecule is CC(O)CCO.CC(O)CO.O=C=Nc1ccc(Cc2ccc(N=C=O)cc2)cc1.OCCOCCO. The number of hydrogen-bond acceptors (Lipinski definition) is 11. The van der Waals surface area contributed by atoms with Gasteiger partial charge >= 0.3 is 0 Å². The zero-order chi connectivity index (χ0) is 28.3. The molecule has 0 heterocycles. The molecule has 0 aliphatic heterocycles. The van der Waals surface area contributed by atoms with Gasteiger partial charge in [-0.3, -0.25) is 0 Å². The average molecular weight is 523 g/mol. The fourth-order valence-electron chi connectivity index (χ4n) is 2.14. The van der Waals surface area contributed by atoms with Crippen molar-refractivity contribution in [1.29, 1.82) is 0 Å². The van der Waals surface area contributed by atoms with E-state index in [4.69, 9.17) is 30.6 Å². The summed E-state index contributed by atoms with van der Waals surface area (Å²) in [5.41, 5.74) is 3.40. The molecule has 0 saturated heterocycles. The number of ether oxygens (including phenoxy) is 1. The number of benzene rings is 2. The molecule has 2 aromatic carbocycles. The molecule has 2 rings (SSSR count). The minimum atomic E-state index is -0.560. The molecule has 206 valence electrons. The fraction of sp³-hybridized carbons (Fsp3) is 0.462. The lowest BCUT2D eigenvalue weighted by molar-refractivity contribution is 0.0650. The summed E-state index contributed by atoms with van der Waals surface area (Å²) in [5, 5.41) is 48.6.